The first kappa shape index (κ1) is 24.2. The molecule has 0 aliphatic carbocycles. The van der Waals surface area contributed by atoms with Gasteiger partial charge in [-0.05, 0) is 39.8 Å². The largest absolute Gasteiger partial charge is 0.496 e. The minimum absolute atomic E-state index is 0.388. The molecule has 0 spiro atoms. The molecule has 2 heterocycles. The second kappa shape index (κ2) is 9.58. The van der Waals surface area contributed by atoms with Gasteiger partial charge < -0.3 is 29.2 Å². The Morgan fingerprint density at radius 3 is 2.45 bits per heavy atom. The maximum absolute atomic E-state index is 12.5. The number of pyridine rings is 1. The van der Waals surface area contributed by atoms with Crippen LogP contribution in [0.1, 0.15) is 27.7 Å². The highest BCUT2D eigenvalue weighted by Crippen LogP contribution is 2.38. The van der Waals surface area contributed by atoms with Gasteiger partial charge in [-0.1, -0.05) is 11.6 Å². The summed E-state index contributed by atoms with van der Waals surface area (Å²) in [5.41, 5.74) is 1.82. The lowest BCUT2D eigenvalue weighted by Gasteiger charge is -2.21. The highest BCUT2D eigenvalue weighted by Gasteiger charge is 2.21. The highest BCUT2D eigenvalue weighted by atomic mass is 35.5. The number of carbonyl (C=O) groups excluding carboxylic acids is 2. The van der Waals surface area contributed by atoms with Gasteiger partial charge in [-0.3, -0.25) is 4.79 Å². The predicted molar refractivity (Wildman–Crippen MR) is 126 cm³/mol. The SMILES string of the molecule is COc1cc(OC)c(-c2cn3ccc(NC(=O)[C@H](C)NC(=O)OC(C)(C)C)cc3n2)cc1Cl. The number of aromatic nitrogens is 2. The molecule has 0 saturated carbocycles. The molecule has 3 aromatic rings. The third-order valence-electron chi connectivity index (χ3n) is 4.60. The van der Waals surface area contributed by atoms with Crippen LogP contribution in [0.5, 0.6) is 11.5 Å². The molecular formula is C23H27ClN4O5. The number of nitrogens with one attached hydrogen (secondary N) is 2. The van der Waals surface area contributed by atoms with Gasteiger partial charge in [0, 0.05) is 35.8 Å². The number of fused-ring (bicyclic) bond motifs is 1. The van der Waals surface area contributed by atoms with E-state index in [1.165, 1.54) is 7.11 Å². The zero-order valence-electron chi connectivity index (χ0n) is 19.4. The number of halogens is 1. The monoisotopic (exact) mass is 474 g/mol. The van der Waals surface area contributed by atoms with Crippen LogP contribution in [0.2, 0.25) is 5.02 Å². The number of alkyl carbamates (subject to hydrolysis) is 1. The second-order valence-corrected chi connectivity index (χ2v) is 8.76. The molecule has 0 aliphatic heterocycles. The molecule has 0 saturated heterocycles. The van der Waals surface area contributed by atoms with E-state index in [0.717, 1.165) is 0 Å². The maximum Gasteiger partial charge on any atom is 0.408 e. The van der Waals surface area contributed by atoms with Gasteiger partial charge in [-0.2, -0.15) is 0 Å². The van der Waals surface area contributed by atoms with Crippen LogP contribution in [0, 0.1) is 0 Å². The molecule has 0 fully saturated rings. The van der Waals surface area contributed by atoms with Crippen molar-refractivity contribution < 1.29 is 23.8 Å². The van der Waals surface area contributed by atoms with Crippen LogP contribution >= 0.6 is 11.6 Å². The summed E-state index contributed by atoms with van der Waals surface area (Å²) >= 11 is 6.29. The first-order chi connectivity index (χ1) is 15.5. The Kier molecular flexibility index (Phi) is 7.02. The number of imidazole rings is 1. The number of amides is 2. The topological polar surface area (TPSA) is 103 Å². The summed E-state index contributed by atoms with van der Waals surface area (Å²) in [4.78, 5) is 29.0. The second-order valence-electron chi connectivity index (χ2n) is 8.35. The zero-order valence-corrected chi connectivity index (χ0v) is 20.1. The fourth-order valence-corrected chi connectivity index (χ4v) is 3.29. The summed E-state index contributed by atoms with van der Waals surface area (Å²) in [5.74, 6) is 0.677. The Morgan fingerprint density at radius 1 is 1.12 bits per heavy atom. The number of ether oxygens (including phenoxy) is 3. The summed E-state index contributed by atoms with van der Waals surface area (Å²) in [7, 11) is 3.09. The van der Waals surface area contributed by atoms with Crippen molar-refractivity contribution in [3.05, 3.63) is 41.7 Å². The Bertz CT molecular complexity index is 1190. The molecule has 176 valence electrons. The fourth-order valence-electron chi connectivity index (χ4n) is 3.05. The summed E-state index contributed by atoms with van der Waals surface area (Å²) in [5, 5.41) is 5.72. The molecule has 2 aromatic heterocycles. The number of carbonyl (C=O) groups is 2. The molecule has 2 amide bonds. The van der Waals surface area contributed by atoms with E-state index < -0.39 is 17.7 Å². The molecule has 1 atom stereocenters. The summed E-state index contributed by atoms with van der Waals surface area (Å²) < 4.78 is 17.7. The minimum atomic E-state index is -0.794. The lowest BCUT2D eigenvalue weighted by atomic mass is 10.1. The van der Waals surface area contributed by atoms with Crippen LogP contribution in [-0.4, -0.2) is 47.2 Å². The van der Waals surface area contributed by atoms with Crippen molar-refractivity contribution in [1.82, 2.24) is 14.7 Å². The van der Waals surface area contributed by atoms with E-state index in [9.17, 15) is 9.59 Å². The number of methoxy groups -OCH3 is 2. The van der Waals surface area contributed by atoms with Crippen LogP contribution in [0.15, 0.2) is 36.7 Å². The van der Waals surface area contributed by atoms with E-state index in [4.69, 9.17) is 25.8 Å². The molecule has 9 nitrogen and oxygen atoms in total. The van der Waals surface area contributed by atoms with Crippen molar-refractivity contribution in [2.75, 3.05) is 19.5 Å². The van der Waals surface area contributed by atoms with Crippen molar-refractivity contribution >= 4 is 34.9 Å². The van der Waals surface area contributed by atoms with Crippen molar-refractivity contribution in [3.8, 4) is 22.8 Å². The smallest absolute Gasteiger partial charge is 0.408 e. The Hall–Kier alpha value is -3.46. The standard InChI is InChI=1S/C23H27ClN4O5/c1-13(25-22(30)33-23(2,3)4)21(29)26-14-7-8-28-12-17(27-20(28)9-14)15-10-16(24)19(32-6)11-18(15)31-5/h7-13H,1-6H3,(H,25,30)(H,26,29)/t13-/m0/s1. The van der Waals surface area contributed by atoms with Gasteiger partial charge >= 0.3 is 6.09 Å². The summed E-state index contributed by atoms with van der Waals surface area (Å²) in [6.07, 6.45) is 2.94. The average Bonchev–Trinajstić information content (AvgIpc) is 3.15. The number of hydrogen-bond acceptors (Lipinski definition) is 6. The van der Waals surface area contributed by atoms with E-state index in [1.807, 2.05) is 10.6 Å². The van der Waals surface area contributed by atoms with E-state index >= 15 is 0 Å². The predicted octanol–water partition coefficient (Wildman–Crippen LogP) is 4.52. The quantitative estimate of drug-likeness (QED) is 0.544. The zero-order chi connectivity index (χ0) is 24.3. The van der Waals surface area contributed by atoms with Gasteiger partial charge in [0.25, 0.3) is 0 Å². The van der Waals surface area contributed by atoms with Crippen LogP contribution in [0.25, 0.3) is 16.9 Å². The van der Waals surface area contributed by atoms with E-state index in [0.29, 0.717) is 39.1 Å². The van der Waals surface area contributed by atoms with Gasteiger partial charge in [0.2, 0.25) is 5.91 Å². The van der Waals surface area contributed by atoms with Crippen molar-refractivity contribution in [2.45, 2.75) is 39.3 Å². The number of hydrogen-bond donors (Lipinski definition) is 2. The molecule has 1 aromatic carbocycles. The Labute approximate surface area is 197 Å². The van der Waals surface area contributed by atoms with Crippen LogP contribution in [0.4, 0.5) is 10.5 Å². The van der Waals surface area contributed by atoms with Crippen LogP contribution < -0.4 is 20.1 Å². The summed E-state index contributed by atoms with van der Waals surface area (Å²) in [6.45, 7) is 6.83. The third-order valence-corrected chi connectivity index (χ3v) is 4.90. The molecule has 0 radical (unpaired) electrons. The van der Waals surface area contributed by atoms with Gasteiger partial charge in [0.05, 0.1) is 24.9 Å². The molecule has 10 heteroatoms. The molecule has 0 unspecified atom stereocenters. The summed E-state index contributed by atoms with van der Waals surface area (Å²) in [6, 6.07) is 6.09. The normalized spacial score (nSPS) is 12.2. The number of nitrogens with zero attached hydrogens (tertiary/aromatic N) is 2. The third kappa shape index (κ3) is 5.87. The number of benzene rings is 1. The number of rotatable bonds is 6. The van der Waals surface area contributed by atoms with Gasteiger partial charge in [-0.15, -0.1) is 0 Å². The lowest BCUT2D eigenvalue weighted by molar-refractivity contribution is -0.117. The van der Waals surface area contributed by atoms with E-state index in [2.05, 4.69) is 15.6 Å². The molecular weight excluding hydrogens is 448 g/mol. The van der Waals surface area contributed by atoms with Crippen molar-refractivity contribution in [3.63, 3.8) is 0 Å². The lowest BCUT2D eigenvalue weighted by Crippen LogP contribution is -2.43. The maximum atomic E-state index is 12.5. The first-order valence-electron chi connectivity index (χ1n) is 10.2. The molecule has 2 N–H and O–H groups in total. The first-order valence-corrected chi connectivity index (χ1v) is 10.6. The minimum Gasteiger partial charge on any atom is -0.496 e. The van der Waals surface area contributed by atoms with Gasteiger partial charge in [0.1, 0.15) is 28.8 Å². The fraction of sp³-hybridized carbons (Fsp3) is 0.348. The van der Waals surface area contributed by atoms with Crippen molar-refractivity contribution in [2.24, 2.45) is 0 Å². The van der Waals surface area contributed by atoms with Crippen molar-refractivity contribution in [1.29, 1.82) is 0 Å². The van der Waals surface area contributed by atoms with Gasteiger partial charge in [0.15, 0.2) is 0 Å². The number of anilines is 1. The van der Waals surface area contributed by atoms with Crippen LogP contribution in [-0.2, 0) is 9.53 Å². The average molecular weight is 475 g/mol. The molecule has 33 heavy (non-hydrogen) atoms. The van der Waals surface area contributed by atoms with E-state index in [1.54, 1.807) is 65.3 Å². The Balaban J connectivity index is 1.79. The van der Waals surface area contributed by atoms with Crippen LogP contribution in [0.3, 0.4) is 0 Å². The molecule has 0 bridgehead atoms. The van der Waals surface area contributed by atoms with Gasteiger partial charge in [-0.25, -0.2) is 9.78 Å². The van der Waals surface area contributed by atoms with E-state index in [-0.39, 0.29) is 5.91 Å². The molecule has 3 rings (SSSR count). The Morgan fingerprint density at radius 2 is 1.82 bits per heavy atom. The molecule has 0 aliphatic rings. The highest BCUT2D eigenvalue weighted by molar-refractivity contribution is 6.32.